The molecule has 9 heteroatoms. The molecule has 2 unspecified atom stereocenters. The van der Waals surface area contributed by atoms with Crippen molar-refractivity contribution in [3.05, 3.63) is 29.3 Å². The van der Waals surface area contributed by atoms with E-state index in [4.69, 9.17) is 58.6 Å². The van der Waals surface area contributed by atoms with E-state index < -0.39 is 16.1 Å². The first-order valence-corrected chi connectivity index (χ1v) is 9.45. The number of nitrogens with zero attached hydrogens (tertiary/aromatic N) is 2. The number of alkyl halides is 3. The summed E-state index contributed by atoms with van der Waals surface area (Å²) in [6, 6.07) is 6.58. The molecule has 1 N–H and O–H groups in total. The fourth-order valence-electron chi connectivity index (χ4n) is 3.16. The van der Waals surface area contributed by atoms with Gasteiger partial charge in [0.1, 0.15) is 6.17 Å². The van der Waals surface area contributed by atoms with Gasteiger partial charge in [0.05, 0.1) is 0 Å². The van der Waals surface area contributed by atoms with Crippen LogP contribution in [0.15, 0.2) is 24.3 Å². The maximum absolute atomic E-state index is 12.9. The Labute approximate surface area is 165 Å². The summed E-state index contributed by atoms with van der Waals surface area (Å²) in [7, 11) is 0. The van der Waals surface area contributed by atoms with E-state index in [1.165, 1.54) is 0 Å². The molecule has 2 amide bonds. The number of carbonyl (C=O) groups is 1. The first kappa shape index (κ1) is 18.5. The minimum Gasteiger partial charge on any atom is -0.275 e. The largest absolute Gasteiger partial charge is 0.343 e. The smallest absolute Gasteiger partial charge is 0.275 e. The number of anilines is 1. The molecule has 2 fully saturated rings. The van der Waals surface area contributed by atoms with Crippen molar-refractivity contribution < 1.29 is 4.79 Å². The normalized spacial score (nSPS) is 25.5. The van der Waals surface area contributed by atoms with Crippen molar-refractivity contribution in [3.8, 4) is 0 Å². The van der Waals surface area contributed by atoms with Crippen LogP contribution in [0.2, 0.25) is 5.02 Å². The lowest BCUT2D eigenvalue weighted by atomic mass is 9.86. The average molecular weight is 427 g/mol. The van der Waals surface area contributed by atoms with E-state index >= 15 is 0 Å². The van der Waals surface area contributed by atoms with Crippen LogP contribution >= 0.6 is 58.6 Å². The van der Waals surface area contributed by atoms with Crippen LogP contribution in [-0.4, -0.2) is 26.0 Å². The first-order chi connectivity index (χ1) is 11.3. The van der Waals surface area contributed by atoms with Crippen molar-refractivity contribution in [1.29, 1.82) is 0 Å². The van der Waals surface area contributed by atoms with Crippen LogP contribution in [0, 0.1) is 5.92 Å². The summed E-state index contributed by atoms with van der Waals surface area (Å²) in [5, 5.41) is 1.54. The molecular formula is C15H15Cl4N3OS. The Morgan fingerprint density at radius 3 is 2.62 bits per heavy atom. The van der Waals surface area contributed by atoms with Gasteiger partial charge in [0.15, 0.2) is 0 Å². The highest BCUT2D eigenvalue weighted by Gasteiger charge is 2.50. The van der Waals surface area contributed by atoms with Crippen molar-refractivity contribution >= 4 is 75.2 Å². The zero-order chi connectivity index (χ0) is 17.5. The summed E-state index contributed by atoms with van der Waals surface area (Å²) in [6.07, 6.45) is 3.47. The van der Waals surface area contributed by atoms with Crippen molar-refractivity contribution in [2.75, 3.05) is 4.90 Å². The van der Waals surface area contributed by atoms with E-state index in [1.807, 2.05) is 0 Å². The number of rotatable bonds is 2. The van der Waals surface area contributed by atoms with Crippen molar-refractivity contribution in [2.24, 2.45) is 5.92 Å². The summed E-state index contributed by atoms with van der Waals surface area (Å²) in [4.78, 5) is 15.4. The van der Waals surface area contributed by atoms with E-state index in [2.05, 4.69) is 5.43 Å². The summed E-state index contributed by atoms with van der Waals surface area (Å²) in [5.41, 5.74) is 3.67. The van der Waals surface area contributed by atoms with Gasteiger partial charge in [0.2, 0.25) is 0 Å². The Balaban J connectivity index is 2.00. The van der Waals surface area contributed by atoms with E-state index in [9.17, 15) is 4.79 Å². The molecule has 0 radical (unpaired) electrons. The number of hydrazine groups is 1. The fraction of sp³-hybridized carbons (Fsp3) is 0.467. The first-order valence-electron chi connectivity index (χ1n) is 7.53. The Morgan fingerprint density at radius 2 is 2.00 bits per heavy atom. The molecule has 3 rings (SSSR count). The highest BCUT2D eigenvalue weighted by Crippen LogP contribution is 2.39. The Kier molecular flexibility index (Phi) is 5.50. The molecule has 1 saturated heterocycles. The number of thiocarbonyl (C=S) groups is 1. The van der Waals surface area contributed by atoms with Gasteiger partial charge in [-0.05, 0) is 42.3 Å². The molecule has 4 nitrogen and oxygen atoms in total. The lowest BCUT2D eigenvalue weighted by Gasteiger charge is -2.33. The number of nitrogens with one attached hydrogen (secondary N) is 1. The second-order valence-electron chi connectivity index (χ2n) is 5.83. The molecule has 1 aliphatic heterocycles. The molecule has 1 aromatic rings. The number of hydrogen-bond donors (Lipinski definition) is 1. The van der Waals surface area contributed by atoms with Crippen molar-refractivity contribution in [2.45, 2.75) is 35.8 Å². The predicted octanol–water partition coefficient (Wildman–Crippen LogP) is 5.30. The van der Waals surface area contributed by atoms with Crippen molar-refractivity contribution in [1.82, 2.24) is 10.4 Å². The summed E-state index contributed by atoms with van der Waals surface area (Å²) in [5.74, 6) is 0.00836. The van der Waals surface area contributed by atoms with Crippen LogP contribution in [0.3, 0.4) is 0 Å². The fourth-order valence-corrected chi connectivity index (χ4v) is 4.10. The van der Waals surface area contributed by atoms with Gasteiger partial charge in [-0.3, -0.25) is 4.90 Å². The van der Waals surface area contributed by atoms with Crippen LogP contribution in [0.25, 0.3) is 0 Å². The molecule has 24 heavy (non-hydrogen) atoms. The molecule has 1 aliphatic carbocycles. The third-order valence-electron chi connectivity index (χ3n) is 4.26. The second kappa shape index (κ2) is 7.14. The zero-order valence-electron chi connectivity index (χ0n) is 12.5. The zero-order valence-corrected chi connectivity index (χ0v) is 16.4. The number of carbonyl (C=O) groups excluding carboxylic acids is 1. The minimum absolute atomic E-state index is 0.00836. The SMILES string of the molecule is O=C1N(c2cccc(Cl)c2)C(C2CCCCC2=S)NN1C(Cl)(Cl)Cl. The van der Waals surface area contributed by atoms with Crippen molar-refractivity contribution in [3.63, 3.8) is 0 Å². The van der Waals surface area contributed by atoms with Crippen LogP contribution in [0.4, 0.5) is 10.5 Å². The highest BCUT2D eigenvalue weighted by molar-refractivity contribution is 7.80. The predicted molar refractivity (Wildman–Crippen MR) is 103 cm³/mol. The van der Waals surface area contributed by atoms with Crippen LogP contribution < -0.4 is 10.3 Å². The van der Waals surface area contributed by atoms with E-state index in [1.54, 1.807) is 29.2 Å². The van der Waals surface area contributed by atoms with E-state index in [0.29, 0.717) is 10.7 Å². The van der Waals surface area contributed by atoms with Gasteiger partial charge in [0, 0.05) is 16.6 Å². The Bertz CT molecular complexity index is 666. The molecule has 1 heterocycles. The van der Waals surface area contributed by atoms with Gasteiger partial charge in [-0.25, -0.2) is 15.2 Å². The third-order valence-corrected chi connectivity index (χ3v) is 5.51. The van der Waals surface area contributed by atoms with Gasteiger partial charge in [-0.15, -0.1) is 0 Å². The van der Waals surface area contributed by atoms with E-state index in [0.717, 1.165) is 35.6 Å². The van der Waals surface area contributed by atoms with Gasteiger partial charge < -0.3 is 0 Å². The lowest BCUT2D eigenvalue weighted by molar-refractivity contribution is 0.194. The topological polar surface area (TPSA) is 35.6 Å². The maximum atomic E-state index is 12.9. The molecule has 2 atom stereocenters. The molecule has 0 spiro atoms. The number of amides is 2. The molecule has 0 aromatic heterocycles. The van der Waals surface area contributed by atoms with Gasteiger partial charge in [-0.2, -0.15) is 0 Å². The summed E-state index contributed by atoms with van der Waals surface area (Å²) in [6.45, 7) is 0. The maximum Gasteiger partial charge on any atom is 0.343 e. The highest BCUT2D eigenvalue weighted by atomic mass is 35.6. The molecule has 1 saturated carbocycles. The average Bonchev–Trinajstić information content (AvgIpc) is 2.85. The van der Waals surface area contributed by atoms with Gasteiger partial charge >= 0.3 is 6.03 Å². The number of benzene rings is 1. The summed E-state index contributed by atoms with van der Waals surface area (Å²) >= 11 is 29.5. The lowest BCUT2D eigenvalue weighted by Crippen LogP contribution is -2.49. The quantitative estimate of drug-likeness (QED) is 0.395. The number of urea groups is 1. The van der Waals surface area contributed by atoms with Crippen LogP contribution in [0.1, 0.15) is 25.7 Å². The third kappa shape index (κ3) is 3.62. The molecule has 1 aromatic carbocycles. The minimum atomic E-state index is -1.90. The van der Waals surface area contributed by atoms with E-state index in [-0.39, 0.29) is 5.92 Å². The number of halogens is 4. The molecule has 130 valence electrons. The monoisotopic (exact) mass is 425 g/mol. The molecule has 0 bridgehead atoms. The Morgan fingerprint density at radius 1 is 1.25 bits per heavy atom. The standard InChI is InChI=1S/C15H15Cl4N3OS/c16-9-4-3-5-10(8-9)21-13(11-6-1-2-7-12(11)24)20-22(14(21)23)15(17,18)19/h3-5,8,11,13,20H,1-2,6-7H2. The second-order valence-corrected chi connectivity index (χ2v) is 9.01. The molecular weight excluding hydrogens is 412 g/mol. The Hall–Kier alpha value is -0.300. The van der Waals surface area contributed by atoms with Crippen LogP contribution in [0.5, 0.6) is 0 Å². The number of hydrogen-bond acceptors (Lipinski definition) is 3. The molecule has 2 aliphatic rings. The van der Waals surface area contributed by atoms with Crippen LogP contribution in [-0.2, 0) is 0 Å². The van der Waals surface area contributed by atoms with Gasteiger partial charge in [-0.1, -0.05) is 71.1 Å². The summed E-state index contributed by atoms with van der Waals surface area (Å²) < 4.78 is -1.90. The van der Waals surface area contributed by atoms with Gasteiger partial charge in [0.25, 0.3) is 3.92 Å².